The lowest BCUT2D eigenvalue weighted by atomic mass is 9.90. The first-order chi connectivity index (χ1) is 7.37. The zero-order valence-corrected chi connectivity index (χ0v) is 11.3. The zero-order valence-electron chi connectivity index (χ0n) is 11.3. The van der Waals surface area contributed by atoms with Crippen molar-refractivity contribution in [1.82, 2.24) is 5.32 Å². The summed E-state index contributed by atoms with van der Waals surface area (Å²) < 4.78 is 5.07. The fraction of sp³-hybridized carbons (Fsp3) is 0.917. The molecule has 0 aromatic heterocycles. The van der Waals surface area contributed by atoms with Crippen LogP contribution < -0.4 is 11.1 Å². The van der Waals surface area contributed by atoms with Crippen LogP contribution >= 0.6 is 0 Å². The number of aliphatic imine (C=N–C) groups is 1. The summed E-state index contributed by atoms with van der Waals surface area (Å²) in [5.74, 6) is 1.12. The Kier molecular flexibility index (Phi) is 7.13. The first-order valence-electron chi connectivity index (χ1n) is 5.90. The van der Waals surface area contributed by atoms with Gasteiger partial charge in [-0.2, -0.15) is 0 Å². The second kappa shape index (κ2) is 7.49. The van der Waals surface area contributed by atoms with Crippen molar-refractivity contribution >= 4 is 5.96 Å². The van der Waals surface area contributed by atoms with Gasteiger partial charge in [0, 0.05) is 26.8 Å². The summed E-state index contributed by atoms with van der Waals surface area (Å²) in [4.78, 5) is 4.35. The smallest absolute Gasteiger partial charge is 0.188 e. The largest absolute Gasteiger partial charge is 0.385 e. The van der Waals surface area contributed by atoms with Gasteiger partial charge in [0.1, 0.15) is 0 Å². The molecule has 16 heavy (non-hydrogen) atoms. The van der Waals surface area contributed by atoms with Crippen LogP contribution in [0.3, 0.4) is 0 Å². The van der Waals surface area contributed by atoms with Crippen LogP contribution in [0.5, 0.6) is 0 Å². The highest BCUT2D eigenvalue weighted by atomic mass is 16.5. The molecule has 0 radical (unpaired) electrons. The molecule has 0 bridgehead atoms. The lowest BCUT2D eigenvalue weighted by molar-refractivity contribution is 0.155. The van der Waals surface area contributed by atoms with Gasteiger partial charge in [0.15, 0.2) is 5.96 Å². The van der Waals surface area contributed by atoms with Crippen LogP contribution in [0.2, 0.25) is 0 Å². The monoisotopic (exact) mass is 229 g/mol. The molecule has 0 atom stereocenters. The number of nitrogens with one attached hydrogen (secondary N) is 1. The van der Waals surface area contributed by atoms with Gasteiger partial charge in [0.25, 0.3) is 0 Å². The van der Waals surface area contributed by atoms with Gasteiger partial charge < -0.3 is 15.8 Å². The molecule has 0 unspecified atom stereocenters. The first-order valence-corrected chi connectivity index (χ1v) is 5.90. The van der Waals surface area contributed by atoms with Crippen molar-refractivity contribution in [2.24, 2.45) is 22.1 Å². The maximum Gasteiger partial charge on any atom is 0.188 e. The highest BCUT2D eigenvalue weighted by molar-refractivity contribution is 5.77. The van der Waals surface area contributed by atoms with Gasteiger partial charge in [-0.25, -0.2) is 0 Å². The van der Waals surface area contributed by atoms with E-state index in [1.165, 1.54) is 0 Å². The number of hydrogen-bond acceptors (Lipinski definition) is 2. The van der Waals surface area contributed by atoms with Crippen molar-refractivity contribution in [3.63, 3.8) is 0 Å². The Balaban J connectivity index is 3.93. The van der Waals surface area contributed by atoms with Gasteiger partial charge in [0.2, 0.25) is 0 Å². The molecule has 4 nitrogen and oxygen atoms in total. The van der Waals surface area contributed by atoms with Gasteiger partial charge in [0.05, 0.1) is 0 Å². The van der Waals surface area contributed by atoms with E-state index < -0.39 is 0 Å². The van der Waals surface area contributed by atoms with E-state index in [1.54, 1.807) is 7.11 Å². The third kappa shape index (κ3) is 8.53. The van der Waals surface area contributed by atoms with Gasteiger partial charge in [-0.3, -0.25) is 4.99 Å². The Bertz CT molecular complexity index is 212. The molecule has 0 aromatic carbocycles. The Labute approximate surface area is 99.7 Å². The van der Waals surface area contributed by atoms with Crippen LogP contribution in [0.4, 0.5) is 0 Å². The third-order valence-corrected chi connectivity index (χ3v) is 2.35. The Hall–Kier alpha value is -0.770. The summed E-state index contributed by atoms with van der Waals surface area (Å²) in [6.45, 7) is 11.0. The summed E-state index contributed by atoms with van der Waals surface area (Å²) in [5, 5.41) is 3.11. The van der Waals surface area contributed by atoms with Crippen LogP contribution in [0, 0.1) is 11.3 Å². The van der Waals surface area contributed by atoms with E-state index in [4.69, 9.17) is 10.5 Å². The minimum atomic E-state index is 0.139. The second-order valence-corrected chi connectivity index (χ2v) is 5.38. The molecule has 0 saturated heterocycles. The second-order valence-electron chi connectivity index (χ2n) is 5.38. The number of rotatable bonds is 7. The molecule has 0 aromatic rings. The summed E-state index contributed by atoms with van der Waals surface area (Å²) in [6, 6.07) is 0. The van der Waals surface area contributed by atoms with Gasteiger partial charge in [-0.1, -0.05) is 27.7 Å². The molecule has 0 aliphatic rings. The van der Waals surface area contributed by atoms with E-state index in [0.29, 0.717) is 11.9 Å². The van der Waals surface area contributed by atoms with Crippen LogP contribution in [0.15, 0.2) is 4.99 Å². The van der Waals surface area contributed by atoms with Crippen molar-refractivity contribution in [2.75, 3.05) is 26.8 Å². The Morgan fingerprint density at radius 1 is 1.44 bits per heavy atom. The molecule has 0 saturated carbocycles. The van der Waals surface area contributed by atoms with Gasteiger partial charge >= 0.3 is 0 Å². The zero-order chi connectivity index (χ0) is 12.6. The molecule has 0 spiro atoms. The maximum atomic E-state index is 5.77. The van der Waals surface area contributed by atoms with E-state index in [0.717, 1.165) is 26.1 Å². The standard InChI is InChI=1S/C12H27N3O/c1-10(2)8-14-11(13)15-9-12(3,4)6-7-16-5/h10H,6-9H2,1-5H3,(H3,13,14,15). The van der Waals surface area contributed by atoms with Crippen LogP contribution in [0.1, 0.15) is 34.1 Å². The molecular formula is C12H27N3O. The van der Waals surface area contributed by atoms with Crippen molar-refractivity contribution in [3.05, 3.63) is 0 Å². The van der Waals surface area contributed by atoms with Crippen molar-refractivity contribution < 1.29 is 4.74 Å². The molecule has 0 rings (SSSR count). The third-order valence-electron chi connectivity index (χ3n) is 2.35. The molecule has 0 heterocycles. The summed E-state index contributed by atoms with van der Waals surface area (Å²) in [5.41, 5.74) is 5.90. The highest BCUT2D eigenvalue weighted by Gasteiger charge is 2.16. The Morgan fingerprint density at radius 2 is 2.06 bits per heavy atom. The highest BCUT2D eigenvalue weighted by Crippen LogP contribution is 2.20. The fourth-order valence-corrected chi connectivity index (χ4v) is 1.12. The SMILES string of the molecule is COCCC(C)(C)CN=C(N)NCC(C)C. The molecule has 0 fully saturated rings. The molecule has 4 heteroatoms. The molecule has 3 N–H and O–H groups in total. The predicted molar refractivity (Wildman–Crippen MR) is 69.6 cm³/mol. The lowest BCUT2D eigenvalue weighted by Crippen LogP contribution is -2.35. The molecular weight excluding hydrogens is 202 g/mol. The summed E-state index contributed by atoms with van der Waals surface area (Å²) in [7, 11) is 1.72. The topological polar surface area (TPSA) is 59.6 Å². The van der Waals surface area contributed by atoms with Crippen molar-refractivity contribution in [3.8, 4) is 0 Å². The minimum absolute atomic E-state index is 0.139. The van der Waals surface area contributed by atoms with Crippen molar-refractivity contribution in [2.45, 2.75) is 34.1 Å². The van der Waals surface area contributed by atoms with Crippen molar-refractivity contribution in [1.29, 1.82) is 0 Å². The van der Waals surface area contributed by atoms with Gasteiger partial charge in [-0.05, 0) is 17.8 Å². The van der Waals surface area contributed by atoms with E-state index in [2.05, 4.69) is 38.0 Å². The van der Waals surface area contributed by atoms with E-state index in [-0.39, 0.29) is 5.41 Å². The molecule has 0 aliphatic carbocycles. The number of guanidine groups is 1. The van der Waals surface area contributed by atoms with E-state index >= 15 is 0 Å². The quantitative estimate of drug-likeness (QED) is 0.515. The molecule has 0 aliphatic heterocycles. The number of ether oxygens (including phenoxy) is 1. The number of methoxy groups -OCH3 is 1. The average Bonchev–Trinajstić information content (AvgIpc) is 2.21. The summed E-state index contributed by atoms with van der Waals surface area (Å²) >= 11 is 0. The number of nitrogens with two attached hydrogens (primary N) is 1. The fourth-order valence-electron chi connectivity index (χ4n) is 1.12. The van der Waals surface area contributed by atoms with E-state index in [1.807, 2.05) is 0 Å². The number of nitrogens with zero attached hydrogens (tertiary/aromatic N) is 1. The van der Waals surface area contributed by atoms with Crippen LogP contribution in [-0.2, 0) is 4.74 Å². The van der Waals surface area contributed by atoms with Crippen LogP contribution in [0.25, 0.3) is 0 Å². The van der Waals surface area contributed by atoms with Crippen LogP contribution in [-0.4, -0.2) is 32.8 Å². The molecule has 96 valence electrons. The lowest BCUT2D eigenvalue weighted by Gasteiger charge is -2.22. The number of hydrogen-bond donors (Lipinski definition) is 2. The van der Waals surface area contributed by atoms with Gasteiger partial charge in [-0.15, -0.1) is 0 Å². The molecule has 0 amide bonds. The first kappa shape index (κ1) is 15.2. The maximum absolute atomic E-state index is 5.77. The summed E-state index contributed by atoms with van der Waals surface area (Å²) in [6.07, 6.45) is 0.991. The minimum Gasteiger partial charge on any atom is -0.385 e. The van der Waals surface area contributed by atoms with E-state index in [9.17, 15) is 0 Å². The normalized spacial score (nSPS) is 13.2. The average molecular weight is 229 g/mol. The predicted octanol–water partition coefficient (Wildman–Crippen LogP) is 1.61. The Morgan fingerprint density at radius 3 is 2.56 bits per heavy atom.